The first-order valence-corrected chi connectivity index (χ1v) is 8.18. The Kier molecular flexibility index (Phi) is 5.59. The van der Waals surface area contributed by atoms with E-state index in [-0.39, 0.29) is 11.3 Å². The van der Waals surface area contributed by atoms with Crippen LogP contribution in [0.1, 0.15) is 39.2 Å². The Morgan fingerprint density at radius 3 is 2.55 bits per heavy atom. The zero-order valence-electron chi connectivity index (χ0n) is 14.3. The maximum Gasteiger partial charge on any atom is 0.238 e. The minimum Gasteiger partial charge on any atom is -0.325 e. The van der Waals surface area contributed by atoms with Crippen molar-refractivity contribution in [1.29, 1.82) is 0 Å². The molecule has 0 radical (unpaired) electrons. The standard InChI is InChI=1S/C18H29N3O/c1-18(2,3)14-7-9-15(10-8-14)20-17(22)13-21-11-5-6-16(12-21)19-4/h7-10,16,19H,5-6,11-13H2,1-4H3,(H,20,22). The fraction of sp³-hybridized carbons (Fsp3) is 0.611. The van der Waals surface area contributed by atoms with E-state index in [4.69, 9.17) is 0 Å². The van der Waals surface area contributed by atoms with Gasteiger partial charge in [-0.05, 0) is 49.5 Å². The number of piperidine rings is 1. The summed E-state index contributed by atoms with van der Waals surface area (Å²) >= 11 is 0. The van der Waals surface area contributed by atoms with Crippen molar-refractivity contribution >= 4 is 11.6 Å². The molecule has 22 heavy (non-hydrogen) atoms. The molecule has 4 heteroatoms. The van der Waals surface area contributed by atoms with Crippen LogP contribution in [-0.2, 0) is 10.2 Å². The number of rotatable bonds is 4. The SMILES string of the molecule is CNC1CCCN(CC(=O)Nc2ccc(C(C)(C)C)cc2)C1. The largest absolute Gasteiger partial charge is 0.325 e. The Bertz CT molecular complexity index is 490. The Balaban J connectivity index is 1.86. The van der Waals surface area contributed by atoms with E-state index in [1.165, 1.54) is 12.0 Å². The fourth-order valence-corrected chi connectivity index (χ4v) is 2.89. The second kappa shape index (κ2) is 7.25. The number of benzene rings is 1. The van der Waals surface area contributed by atoms with E-state index >= 15 is 0 Å². The van der Waals surface area contributed by atoms with Gasteiger partial charge in [0.15, 0.2) is 0 Å². The van der Waals surface area contributed by atoms with Crippen molar-refractivity contribution in [1.82, 2.24) is 10.2 Å². The van der Waals surface area contributed by atoms with Gasteiger partial charge in [-0.2, -0.15) is 0 Å². The van der Waals surface area contributed by atoms with Crippen LogP contribution < -0.4 is 10.6 Å². The maximum absolute atomic E-state index is 12.2. The summed E-state index contributed by atoms with van der Waals surface area (Å²) in [6, 6.07) is 8.67. The highest BCUT2D eigenvalue weighted by Gasteiger charge is 2.20. The zero-order valence-corrected chi connectivity index (χ0v) is 14.3. The third kappa shape index (κ3) is 4.82. The molecule has 1 fully saturated rings. The number of nitrogens with zero attached hydrogens (tertiary/aromatic N) is 1. The molecule has 1 unspecified atom stereocenters. The zero-order chi connectivity index (χ0) is 16.2. The van der Waals surface area contributed by atoms with Gasteiger partial charge in [0.05, 0.1) is 6.54 Å². The van der Waals surface area contributed by atoms with Crippen molar-refractivity contribution in [3.8, 4) is 0 Å². The summed E-state index contributed by atoms with van der Waals surface area (Å²) in [6.07, 6.45) is 2.35. The number of likely N-dealkylation sites (tertiary alicyclic amines) is 1. The third-order valence-corrected chi connectivity index (χ3v) is 4.32. The van der Waals surface area contributed by atoms with Gasteiger partial charge in [0, 0.05) is 18.3 Å². The van der Waals surface area contributed by atoms with Crippen LogP contribution in [0.15, 0.2) is 24.3 Å². The fourth-order valence-electron chi connectivity index (χ4n) is 2.89. The predicted molar refractivity (Wildman–Crippen MR) is 92.3 cm³/mol. The Hall–Kier alpha value is -1.39. The number of carbonyl (C=O) groups excluding carboxylic acids is 1. The van der Waals surface area contributed by atoms with Crippen LogP contribution in [0.3, 0.4) is 0 Å². The van der Waals surface area contributed by atoms with E-state index < -0.39 is 0 Å². The molecule has 1 aliphatic rings. The van der Waals surface area contributed by atoms with Gasteiger partial charge in [-0.3, -0.25) is 9.69 Å². The van der Waals surface area contributed by atoms with Crippen molar-refractivity contribution in [3.63, 3.8) is 0 Å². The van der Waals surface area contributed by atoms with E-state index in [1.807, 2.05) is 19.2 Å². The average molecular weight is 303 g/mol. The highest BCUT2D eigenvalue weighted by Crippen LogP contribution is 2.23. The minimum atomic E-state index is 0.0697. The van der Waals surface area contributed by atoms with Crippen LogP contribution >= 0.6 is 0 Å². The summed E-state index contributed by atoms with van der Waals surface area (Å²) in [6.45, 7) is 9.00. The molecule has 1 amide bonds. The van der Waals surface area contributed by atoms with Crippen molar-refractivity contribution in [2.24, 2.45) is 0 Å². The van der Waals surface area contributed by atoms with E-state index in [9.17, 15) is 4.79 Å². The van der Waals surface area contributed by atoms with Crippen molar-refractivity contribution in [3.05, 3.63) is 29.8 Å². The lowest BCUT2D eigenvalue weighted by molar-refractivity contribution is -0.117. The molecule has 4 nitrogen and oxygen atoms in total. The van der Waals surface area contributed by atoms with Crippen molar-refractivity contribution in [2.45, 2.75) is 45.1 Å². The highest BCUT2D eigenvalue weighted by atomic mass is 16.2. The topological polar surface area (TPSA) is 44.4 Å². The number of amides is 1. The number of carbonyl (C=O) groups is 1. The molecule has 2 rings (SSSR count). The first kappa shape index (κ1) is 17.0. The molecular formula is C18H29N3O. The van der Waals surface area contributed by atoms with Crippen LogP contribution in [0.5, 0.6) is 0 Å². The highest BCUT2D eigenvalue weighted by molar-refractivity contribution is 5.92. The van der Waals surface area contributed by atoms with Gasteiger partial charge in [0.2, 0.25) is 5.91 Å². The van der Waals surface area contributed by atoms with Gasteiger partial charge in [-0.1, -0.05) is 32.9 Å². The lowest BCUT2D eigenvalue weighted by Crippen LogP contribution is -2.46. The average Bonchev–Trinajstić information content (AvgIpc) is 2.47. The number of likely N-dealkylation sites (N-methyl/N-ethyl adjacent to an activating group) is 1. The summed E-state index contributed by atoms with van der Waals surface area (Å²) in [5.74, 6) is 0.0697. The molecule has 1 saturated heterocycles. The van der Waals surface area contributed by atoms with Gasteiger partial charge in [0.1, 0.15) is 0 Å². The molecule has 0 saturated carbocycles. The molecule has 1 aromatic carbocycles. The summed E-state index contributed by atoms with van der Waals surface area (Å²) in [7, 11) is 1.99. The van der Waals surface area contributed by atoms with Crippen LogP contribution in [0, 0.1) is 0 Å². The number of hydrogen-bond donors (Lipinski definition) is 2. The lowest BCUT2D eigenvalue weighted by Gasteiger charge is -2.31. The molecule has 0 spiro atoms. The maximum atomic E-state index is 12.2. The van der Waals surface area contributed by atoms with Crippen LogP contribution in [0.2, 0.25) is 0 Å². The van der Waals surface area contributed by atoms with Gasteiger partial charge in [0.25, 0.3) is 0 Å². The summed E-state index contributed by atoms with van der Waals surface area (Å²) in [5, 5.41) is 6.30. The van der Waals surface area contributed by atoms with E-state index in [1.54, 1.807) is 0 Å². The van der Waals surface area contributed by atoms with Crippen molar-refractivity contribution in [2.75, 3.05) is 32.0 Å². The number of nitrogens with one attached hydrogen (secondary N) is 2. The van der Waals surface area contributed by atoms with E-state index in [2.05, 4.69) is 48.4 Å². The van der Waals surface area contributed by atoms with Gasteiger partial charge in [-0.25, -0.2) is 0 Å². The van der Waals surface area contributed by atoms with Gasteiger partial charge in [-0.15, -0.1) is 0 Å². The smallest absolute Gasteiger partial charge is 0.238 e. The van der Waals surface area contributed by atoms with Gasteiger partial charge >= 0.3 is 0 Å². The third-order valence-electron chi connectivity index (χ3n) is 4.32. The second-order valence-electron chi connectivity index (χ2n) is 7.24. The lowest BCUT2D eigenvalue weighted by atomic mass is 9.87. The first-order valence-electron chi connectivity index (χ1n) is 8.18. The Labute approximate surface area is 134 Å². The number of hydrogen-bond acceptors (Lipinski definition) is 3. The van der Waals surface area contributed by atoms with Crippen molar-refractivity contribution < 1.29 is 4.79 Å². The predicted octanol–water partition coefficient (Wildman–Crippen LogP) is 2.61. The summed E-state index contributed by atoms with van der Waals surface area (Å²) in [5.41, 5.74) is 2.29. The monoisotopic (exact) mass is 303 g/mol. The summed E-state index contributed by atoms with van der Waals surface area (Å²) < 4.78 is 0. The molecule has 0 aliphatic carbocycles. The van der Waals surface area contributed by atoms with E-state index in [0.717, 1.165) is 25.2 Å². The van der Waals surface area contributed by atoms with Crippen LogP contribution in [-0.4, -0.2) is 43.5 Å². The molecule has 1 atom stereocenters. The molecule has 0 bridgehead atoms. The molecule has 1 heterocycles. The number of anilines is 1. The van der Waals surface area contributed by atoms with E-state index in [0.29, 0.717) is 12.6 Å². The second-order valence-corrected chi connectivity index (χ2v) is 7.24. The van der Waals surface area contributed by atoms with Crippen LogP contribution in [0.25, 0.3) is 0 Å². The molecule has 1 aromatic rings. The van der Waals surface area contributed by atoms with Gasteiger partial charge < -0.3 is 10.6 Å². The minimum absolute atomic E-state index is 0.0697. The Morgan fingerprint density at radius 2 is 1.95 bits per heavy atom. The molecular weight excluding hydrogens is 274 g/mol. The molecule has 2 N–H and O–H groups in total. The molecule has 0 aromatic heterocycles. The molecule has 1 aliphatic heterocycles. The normalized spacial score (nSPS) is 19.9. The molecule has 122 valence electrons. The quantitative estimate of drug-likeness (QED) is 0.898. The first-order chi connectivity index (χ1) is 10.4. The Morgan fingerprint density at radius 1 is 1.27 bits per heavy atom. The van der Waals surface area contributed by atoms with Crippen LogP contribution in [0.4, 0.5) is 5.69 Å². The summed E-state index contributed by atoms with van der Waals surface area (Å²) in [4.78, 5) is 14.4.